The van der Waals surface area contributed by atoms with Crippen LogP contribution in [-0.2, 0) is 11.2 Å². The molecule has 0 unspecified atom stereocenters. The molecule has 3 aromatic rings. The predicted octanol–water partition coefficient (Wildman–Crippen LogP) is 1.55. The molecule has 3 aliphatic rings. The molecular formula is C32H40FN7O3. The number of carbonyl (C=O) groups excluding carboxylic acids is 2. The Labute approximate surface area is 250 Å². The molecule has 1 aromatic heterocycles. The molecule has 2 N–H and O–H groups in total. The highest BCUT2D eigenvalue weighted by Gasteiger charge is 2.29. The number of amides is 2. The van der Waals surface area contributed by atoms with Gasteiger partial charge in [0.2, 0.25) is 5.91 Å². The Morgan fingerprint density at radius 1 is 0.860 bits per heavy atom. The van der Waals surface area contributed by atoms with Gasteiger partial charge in [-0.3, -0.25) is 19.3 Å². The van der Waals surface area contributed by atoms with E-state index in [2.05, 4.69) is 25.3 Å². The van der Waals surface area contributed by atoms with Crippen molar-refractivity contribution in [2.75, 3.05) is 78.5 Å². The number of nitrogens with zero attached hydrogens (tertiary/aromatic N) is 5. The first kappa shape index (κ1) is 29.4. The lowest BCUT2D eigenvalue weighted by Gasteiger charge is -2.39. The number of rotatable bonds is 7. The van der Waals surface area contributed by atoms with Crippen LogP contribution in [0.1, 0.15) is 34.5 Å². The number of H-pyrrole nitrogens is 1. The molecule has 228 valence electrons. The summed E-state index contributed by atoms with van der Waals surface area (Å²) in [5.74, 6) is -0.0911. The van der Waals surface area contributed by atoms with Gasteiger partial charge in [-0.25, -0.2) is 9.49 Å². The third-order valence-electron chi connectivity index (χ3n) is 9.13. The van der Waals surface area contributed by atoms with Gasteiger partial charge in [-0.1, -0.05) is 24.3 Å². The van der Waals surface area contributed by atoms with Crippen LogP contribution in [0.3, 0.4) is 0 Å². The summed E-state index contributed by atoms with van der Waals surface area (Å²) in [5, 5.41) is 11.4. The van der Waals surface area contributed by atoms with E-state index in [0.29, 0.717) is 50.2 Å². The zero-order chi connectivity index (χ0) is 29.8. The Morgan fingerprint density at radius 2 is 1.53 bits per heavy atom. The number of fused-ring (bicyclic) bond motifs is 1. The maximum atomic E-state index is 14.9. The number of piperidine rings is 1. The quantitative estimate of drug-likeness (QED) is 0.431. The summed E-state index contributed by atoms with van der Waals surface area (Å²) < 4.78 is 14.9. The van der Waals surface area contributed by atoms with Crippen LogP contribution in [0, 0.1) is 11.7 Å². The number of piperazine rings is 2. The Balaban J connectivity index is 1.00. The van der Waals surface area contributed by atoms with E-state index >= 15 is 0 Å². The van der Waals surface area contributed by atoms with E-state index in [0.717, 1.165) is 62.7 Å². The van der Waals surface area contributed by atoms with E-state index in [1.54, 1.807) is 29.2 Å². The molecule has 3 saturated heterocycles. The predicted molar refractivity (Wildman–Crippen MR) is 163 cm³/mol. The SMILES string of the molecule is O=C(CN1CCN(CC2CCNCC2)CC1)N1CCN(C(=O)c2cc(Cc3n[nH]c(=O)c4ccccc34)ccc2F)CC1. The summed E-state index contributed by atoms with van der Waals surface area (Å²) >= 11 is 0. The van der Waals surface area contributed by atoms with E-state index in [1.165, 1.54) is 18.9 Å². The van der Waals surface area contributed by atoms with Gasteiger partial charge in [-0.2, -0.15) is 5.10 Å². The lowest BCUT2D eigenvalue weighted by Crippen LogP contribution is -2.55. The number of hydrogen-bond donors (Lipinski definition) is 2. The number of hydrogen-bond acceptors (Lipinski definition) is 7. The van der Waals surface area contributed by atoms with Crippen LogP contribution in [0.2, 0.25) is 0 Å². The summed E-state index contributed by atoms with van der Waals surface area (Å²) in [7, 11) is 0. The first-order valence-electron chi connectivity index (χ1n) is 15.4. The monoisotopic (exact) mass is 589 g/mol. The maximum absolute atomic E-state index is 14.9. The molecule has 2 amide bonds. The highest BCUT2D eigenvalue weighted by Crippen LogP contribution is 2.20. The topological polar surface area (TPSA) is 105 Å². The van der Waals surface area contributed by atoms with Crippen LogP contribution in [-0.4, -0.2) is 120 Å². The Kier molecular flexibility index (Phi) is 9.11. The summed E-state index contributed by atoms with van der Waals surface area (Å²) in [6.45, 7) is 9.20. The zero-order valence-electron chi connectivity index (χ0n) is 24.6. The minimum Gasteiger partial charge on any atom is -0.338 e. The molecule has 0 bridgehead atoms. The van der Waals surface area contributed by atoms with E-state index in [1.807, 2.05) is 17.0 Å². The average Bonchev–Trinajstić information content (AvgIpc) is 3.04. The smallest absolute Gasteiger partial charge is 0.272 e. The van der Waals surface area contributed by atoms with Crippen molar-refractivity contribution in [1.29, 1.82) is 0 Å². The molecule has 11 heteroatoms. The summed E-state index contributed by atoms with van der Waals surface area (Å²) in [5.41, 5.74) is 1.11. The molecule has 0 saturated carbocycles. The number of carbonyl (C=O) groups is 2. The largest absolute Gasteiger partial charge is 0.338 e. The van der Waals surface area contributed by atoms with Gasteiger partial charge < -0.3 is 20.0 Å². The molecule has 0 spiro atoms. The Morgan fingerprint density at radius 3 is 2.28 bits per heavy atom. The average molecular weight is 590 g/mol. The fraction of sp³-hybridized carbons (Fsp3) is 0.500. The van der Waals surface area contributed by atoms with Gasteiger partial charge >= 0.3 is 0 Å². The Hall–Kier alpha value is -3.67. The summed E-state index contributed by atoms with van der Waals surface area (Å²) in [6.07, 6.45) is 2.83. The van der Waals surface area contributed by atoms with Crippen molar-refractivity contribution in [3.8, 4) is 0 Å². The Bertz CT molecular complexity index is 1510. The lowest BCUT2D eigenvalue weighted by molar-refractivity contribution is -0.134. The highest BCUT2D eigenvalue weighted by molar-refractivity contribution is 5.95. The lowest BCUT2D eigenvalue weighted by atomic mass is 9.97. The molecule has 3 fully saturated rings. The third kappa shape index (κ3) is 6.95. The van der Waals surface area contributed by atoms with Crippen molar-refractivity contribution in [1.82, 2.24) is 35.1 Å². The second kappa shape index (κ2) is 13.3. The first-order chi connectivity index (χ1) is 20.9. The fourth-order valence-corrected chi connectivity index (χ4v) is 6.53. The van der Waals surface area contributed by atoms with Crippen LogP contribution < -0.4 is 10.9 Å². The van der Waals surface area contributed by atoms with Gasteiger partial charge in [0.15, 0.2) is 0 Å². The maximum Gasteiger partial charge on any atom is 0.272 e. The first-order valence-corrected chi connectivity index (χ1v) is 15.4. The van der Waals surface area contributed by atoms with Gasteiger partial charge in [0.25, 0.3) is 11.5 Å². The van der Waals surface area contributed by atoms with E-state index < -0.39 is 5.82 Å². The molecule has 3 aliphatic heterocycles. The van der Waals surface area contributed by atoms with Gasteiger partial charge in [-0.15, -0.1) is 0 Å². The van der Waals surface area contributed by atoms with Crippen molar-refractivity contribution in [3.63, 3.8) is 0 Å². The van der Waals surface area contributed by atoms with Crippen LogP contribution in [0.15, 0.2) is 47.3 Å². The minimum atomic E-state index is -0.578. The molecule has 0 aliphatic carbocycles. The van der Waals surface area contributed by atoms with Crippen molar-refractivity contribution in [2.45, 2.75) is 19.3 Å². The standard InChI is InChI=1S/C32H40FN7O3/c33-28-6-5-24(20-29-25-3-1-2-4-26(25)31(42)36-35-29)19-27(28)32(43)40-17-15-39(16-18-40)30(41)22-38-13-11-37(12-14-38)21-23-7-9-34-10-8-23/h1-6,19,23,34H,7-18,20-22H2,(H,36,42). The van der Waals surface area contributed by atoms with E-state index in [-0.39, 0.29) is 22.9 Å². The normalized spacial score (nSPS) is 19.2. The molecule has 6 rings (SSSR count). The number of halogens is 1. The third-order valence-corrected chi connectivity index (χ3v) is 9.13. The van der Waals surface area contributed by atoms with Crippen LogP contribution in [0.5, 0.6) is 0 Å². The number of aromatic nitrogens is 2. The zero-order valence-corrected chi connectivity index (χ0v) is 24.6. The molecule has 0 atom stereocenters. The second-order valence-electron chi connectivity index (χ2n) is 12.0. The molecule has 0 radical (unpaired) electrons. The second-order valence-corrected chi connectivity index (χ2v) is 12.0. The molecule has 43 heavy (non-hydrogen) atoms. The number of aromatic amines is 1. The highest BCUT2D eigenvalue weighted by atomic mass is 19.1. The molecule has 4 heterocycles. The van der Waals surface area contributed by atoms with Crippen molar-refractivity contribution < 1.29 is 14.0 Å². The molecule has 10 nitrogen and oxygen atoms in total. The van der Waals surface area contributed by atoms with Crippen molar-refractivity contribution in [3.05, 3.63) is 75.5 Å². The fourth-order valence-electron chi connectivity index (χ4n) is 6.53. The summed E-state index contributed by atoms with van der Waals surface area (Å²) in [6, 6.07) is 11.7. The molecule has 2 aromatic carbocycles. The van der Waals surface area contributed by atoms with Crippen LogP contribution in [0.4, 0.5) is 4.39 Å². The van der Waals surface area contributed by atoms with Crippen LogP contribution in [0.25, 0.3) is 10.8 Å². The minimum absolute atomic E-state index is 0.00775. The van der Waals surface area contributed by atoms with Crippen molar-refractivity contribution >= 4 is 22.6 Å². The van der Waals surface area contributed by atoms with Gasteiger partial charge in [0.05, 0.1) is 23.2 Å². The van der Waals surface area contributed by atoms with Crippen molar-refractivity contribution in [2.24, 2.45) is 5.92 Å². The van der Waals surface area contributed by atoms with Crippen LogP contribution >= 0.6 is 0 Å². The number of nitrogens with one attached hydrogen (secondary N) is 2. The van der Waals surface area contributed by atoms with Gasteiger partial charge in [-0.05, 0) is 55.6 Å². The van der Waals surface area contributed by atoms with E-state index in [9.17, 15) is 18.8 Å². The van der Waals surface area contributed by atoms with Gasteiger partial charge in [0, 0.05) is 70.7 Å². The summed E-state index contributed by atoms with van der Waals surface area (Å²) in [4.78, 5) is 46.8. The molecular weight excluding hydrogens is 549 g/mol. The van der Waals surface area contributed by atoms with Gasteiger partial charge in [0.1, 0.15) is 5.82 Å². The van der Waals surface area contributed by atoms with E-state index in [4.69, 9.17) is 0 Å². The number of benzene rings is 2.